The average Bonchev–Trinajstić information content (AvgIpc) is 2.95. The SMILES string of the molecule is N#Cc1c(CCCNc2ccnc(Cl)c2)nn(-c2ccc(F)cc2)c1N. The third-order valence-corrected chi connectivity index (χ3v) is 4.03. The van der Waals surface area contributed by atoms with Crippen molar-refractivity contribution in [1.82, 2.24) is 14.8 Å². The summed E-state index contributed by atoms with van der Waals surface area (Å²) in [6, 6.07) is 11.5. The average molecular weight is 371 g/mol. The molecule has 0 saturated heterocycles. The Morgan fingerprint density at radius 2 is 2.04 bits per heavy atom. The van der Waals surface area contributed by atoms with Crippen LogP contribution in [0.5, 0.6) is 0 Å². The second-order valence-electron chi connectivity index (χ2n) is 5.60. The van der Waals surface area contributed by atoms with Crippen LogP contribution in [0.2, 0.25) is 5.15 Å². The summed E-state index contributed by atoms with van der Waals surface area (Å²) in [7, 11) is 0. The van der Waals surface area contributed by atoms with Crippen LogP contribution in [0.4, 0.5) is 15.9 Å². The van der Waals surface area contributed by atoms with E-state index in [2.05, 4.69) is 21.5 Å². The van der Waals surface area contributed by atoms with Gasteiger partial charge in [-0.15, -0.1) is 0 Å². The molecule has 3 N–H and O–H groups in total. The van der Waals surface area contributed by atoms with Crippen LogP contribution in [0.15, 0.2) is 42.6 Å². The first-order valence-electron chi connectivity index (χ1n) is 7.97. The van der Waals surface area contributed by atoms with E-state index in [1.54, 1.807) is 24.4 Å². The molecule has 0 aliphatic carbocycles. The van der Waals surface area contributed by atoms with Gasteiger partial charge in [0.05, 0.1) is 11.4 Å². The highest BCUT2D eigenvalue weighted by atomic mass is 35.5. The Bertz CT molecular complexity index is 945. The lowest BCUT2D eigenvalue weighted by Gasteiger charge is -2.05. The fraction of sp³-hybridized carbons (Fsp3) is 0.167. The Hall–Kier alpha value is -3.11. The van der Waals surface area contributed by atoms with E-state index in [1.807, 2.05) is 6.07 Å². The first-order chi connectivity index (χ1) is 12.6. The number of rotatable bonds is 6. The standard InChI is InChI=1S/C18H16ClFN6/c19-17-10-13(7-9-24-17)23-8-1-2-16-15(11-21)18(22)26(25-16)14-5-3-12(20)4-6-14/h3-7,9-10H,1-2,8,22H2,(H,23,24). The molecule has 0 aliphatic rings. The molecule has 0 fully saturated rings. The van der Waals surface area contributed by atoms with Crippen molar-refractivity contribution in [3.63, 3.8) is 0 Å². The molecule has 0 aliphatic heterocycles. The molecule has 0 saturated carbocycles. The number of hydrogen-bond donors (Lipinski definition) is 2. The van der Waals surface area contributed by atoms with Crippen LogP contribution in [-0.4, -0.2) is 21.3 Å². The molecule has 0 atom stereocenters. The van der Waals surface area contributed by atoms with E-state index in [0.717, 1.165) is 12.1 Å². The summed E-state index contributed by atoms with van der Waals surface area (Å²) < 4.78 is 14.6. The van der Waals surface area contributed by atoms with E-state index in [4.69, 9.17) is 17.3 Å². The Kier molecular flexibility index (Phi) is 5.34. The number of nitrogens with two attached hydrogens (primary N) is 1. The molecule has 2 aromatic heterocycles. The molecule has 2 heterocycles. The third kappa shape index (κ3) is 3.92. The smallest absolute Gasteiger partial charge is 0.145 e. The van der Waals surface area contributed by atoms with Crippen molar-refractivity contribution >= 4 is 23.1 Å². The molecule has 3 aromatic rings. The number of aromatic nitrogens is 3. The van der Waals surface area contributed by atoms with Gasteiger partial charge >= 0.3 is 0 Å². The van der Waals surface area contributed by atoms with Crippen molar-refractivity contribution in [2.24, 2.45) is 0 Å². The van der Waals surface area contributed by atoms with Gasteiger partial charge in [0.1, 0.15) is 28.4 Å². The number of nitrogens with zero attached hydrogens (tertiary/aromatic N) is 4. The van der Waals surface area contributed by atoms with Crippen molar-refractivity contribution in [1.29, 1.82) is 5.26 Å². The van der Waals surface area contributed by atoms with Crippen LogP contribution in [0.3, 0.4) is 0 Å². The molecule has 132 valence electrons. The molecule has 8 heteroatoms. The van der Waals surface area contributed by atoms with E-state index < -0.39 is 0 Å². The highest BCUT2D eigenvalue weighted by molar-refractivity contribution is 6.29. The fourth-order valence-corrected chi connectivity index (χ4v) is 2.73. The Labute approximate surface area is 155 Å². The van der Waals surface area contributed by atoms with Crippen LogP contribution >= 0.6 is 11.6 Å². The molecule has 0 amide bonds. The lowest BCUT2D eigenvalue weighted by atomic mass is 10.1. The maximum Gasteiger partial charge on any atom is 0.145 e. The van der Waals surface area contributed by atoms with E-state index in [-0.39, 0.29) is 11.6 Å². The minimum absolute atomic E-state index is 0.253. The van der Waals surface area contributed by atoms with E-state index in [9.17, 15) is 9.65 Å². The normalized spacial score (nSPS) is 10.5. The van der Waals surface area contributed by atoms with Gasteiger partial charge in [-0.25, -0.2) is 14.1 Å². The highest BCUT2D eigenvalue weighted by Gasteiger charge is 2.16. The predicted octanol–water partition coefficient (Wildman–Crippen LogP) is 3.56. The lowest BCUT2D eigenvalue weighted by Crippen LogP contribution is -2.04. The lowest BCUT2D eigenvalue weighted by molar-refractivity contribution is 0.627. The number of nitrogens with one attached hydrogen (secondary N) is 1. The van der Waals surface area contributed by atoms with Gasteiger partial charge in [0.25, 0.3) is 0 Å². The zero-order valence-electron chi connectivity index (χ0n) is 13.8. The monoisotopic (exact) mass is 370 g/mol. The maximum absolute atomic E-state index is 13.1. The zero-order valence-corrected chi connectivity index (χ0v) is 14.5. The summed E-state index contributed by atoms with van der Waals surface area (Å²) in [5.74, 6) is -0.0921. The highest BCUT2D eigenvalue weighted by Crippen LogP contribution is 2.22. The number of anilines is 2. The van der Waals surface area contributed by atoms with Crippen molar-refractivity contribution in [2.75, 3.05) is 17.6 Å². The number of pyridine rings is 1. The third-order valence-electron chi connectivity index (χ3n) is 3.82. The van der Waals surface area contributed by atoms with E-state index in [0.29, 0.717) is 35.1 Å². The molecule has 6 nitrogen and oxygen atoms in total. The molecule has 26 heavy (non-hydrogen) atoms. The Morgan fingerprint density at radius 1 is 1.27 bits per heavy atom. The van der Waals surface area contributed by atoms with Gasteiger partial charge < -0.3 is 11.1 Å². The van der Waals surface area contributed by atoms with Crippen LogP contribution in [0, 0.1) is 17.1 Å². The molecular weight excluding hydrogens is 355 g/mol. The summed E-state index contributed by atoms with van der Waals surface area (Å²) in [5, 5.41) is 17.5. The molecule has 0 unspecified atom stereocenters. The number of benzene rings is 1. The summed E-state index contributed by atoms with van der Waals surface area (Å²) in [5.41, 5.74) is 8.49. The molecule has 3 rings (SSSR count). The number of nitrogen functional groups attached to an aromatic ring is 1. The van der Waals surface area contributed by atoms with E-state index in [1.165, 1.54) is 16.8 Å². The van der Waals surface area contributed by atoms with Gasteiger partial charge in [-0.05, 0) is 49.2 Å². The first-order valence-corrected chi connectivity index (χ1v) is 8.35. The molecule has 0 spiro atoms. The number of hydrogen-bond acceptors (Lipinski definition) is 5. The second-order valence-corrected chi connectivity index (χ2v) is 5.99. The number of aryl methyl sites for hydroxylation is 1. The minimum Gasteiger partial charge on any atom is -0.385 e. The van der Waals surface area contributed by atoms with Crippen LogP contribution < -0.4 is 11.1 Å². The van der Waals surface area contributed by atoms with Crippen molar-refractivity contribution in [2.45, 2.75) is 12.8 Å². The molecule has 0 bridgehead atoms. The number of nitriles is 1. The maximum atomic E-state index is 13.1. The minimum atomic E-state index is -0.345. The Balaban J connectivity index is 1.69. The molecule has 0 radical (unpaired) electrons. The zero-order chi connectivity index (χ0) is 18.5. The largest absolute Gasteiger partial charge is 0.385 e. The number of halogens is 2. The molecular formula is C18H16ClFN6. The predicted molar refractivity (Wildman–Crippen MR) is 98.7 cm³/mol. The first kappa shape index (κ1) is 17.7. The van der Waals surface area contributed by atoms with Gasteiger partial charge in [-0.3, -0.25) is 0 Å². The van der Waals surface area contributed by atoms with Gasteiger partial charge in [0.2, 0.25) is 0 Å². The van der Waals surface area contributed by atoms with E-state index >= 15 is 0 Å². The summed E-state index contributed by atoms with van der Waals surface area (Å²) >= 11 is 5.84. The topological polar surface area (TPSA) is 92.5 Å². The second kappa shape index (κ2) is 7.85. The van der Waals surface area contributed by atoms with Gasteiger partial charge in [-0.1, -0.05) is 11.6 Å². The van der Waals surface area contributed by atoms with Crippen LogP contribution in [0.1, 0.15) is 17.7 Å². The summed E-state index contributed by atoms with van der Waals surface area (Å²) in [6.07, 6.45) is 2.95. The summed E-state index contributed by atoms with van der Waals surface area (Å²) in [6.45, 7) is 0.675. The van der Waals surface area contributed by atoms with Gasteiger partial charge in [0, 0.05) is 18.4 Å². The van der Waals surface area contributed by atoms with Crippen molar-refractivity contribution in [3.05, 3.63) is 64.8 Å². The van der Waals surface area contributed by atoms with Crippen LogP contribution in [-0.2, 0) is 6.42 Å². The summed E-state index contributed by atoms with van der Waals surface area (Å²) in [4.78, 5) is 3.92. The van der Waals surface area contributed by atoms with Crippen molar-refractivity contribution < 1.29 is 4.39 Å². The van der Waals surface area contributed by atoms with Crippen LogP contribution in [0.25, 0.3) is 5.69 Å². The van der Waals surface area contributed by atoms with Crippen molar-refractivity contribution in [3.8, 4) is 11.8 Å². The Morgan fingerprint density at radius 3 is 2.73 bits per heavy atom. The quantitative estimate of drug-likeness (QED) is 0.511. The molecule has 1 aromatic carbocycles. The fourth-order valence-electron chi connectivity index (χ4n) is 2.56. The van der Waals surface area contributed by atoms with Gasteiger partial charge in [-0.2, -0.15) is 10.4 Å². The van der Waals surface area contributed by atoms with Gasteiger partial charge in [0.15, 0.2) is 0 Å².